The second kappa shape index (κ2) is 11.0. The molecule has 4 heteroatoms. The maximum Gasteiger partial charge on any atom is 0.303 e. The van der Waals surface area contributed by atoms with Crippen LogP contribution in [0.5, 0.6) is 0 Å². The molecule has 1 aliphatic carbocycles. The number of allylic oxidation sites excluding steroid dienone is 2. The Kier molecular flexibility index (Phi) is 9.34. The Labute approximate surface area is 157 Å². The van der Waals surface area contributed by atoms with Crippen LogP contribution in [0, 0.1) is 17.3 Å². The van der Waals surface area contributed by atoms with Gasteiger partial charge in [-0.2, -0.15) is 0 Å². The third-order valence-corrected chi connectivity index (χ3v) is 4.97. The lowest BCUT2D eigenvalue weighted by Crippen LogP contribution is -2.22. The zero-order valence-corrected chi connectivity index (χ0v) is 16.5. The molecule has 4 nitrogen and oxygen atoms in total. The van der Waals surface area contributed by atoms with Gasteiger partial charge >= 0.3 is 5.97 Å². The van der Waals surface area contributed by atoms with Crippen LogP contribution in [0.1, 0.15) is 91.4 Å². The number of carbonyl (C=O) groups is 3. The summed E-state index contributed by atoms with van der Waals surface area (Å²) in [6.45, 7) is 5.98. The van der Waals surface area contributed by atoms with Crippen molar-refractivity contribution in [1.82, 2.24) is 0 Å². The van der Waals surface area contributed by atoms with Crippen molar-refractivity contribution in [3.05, 3.63) is 11.1 Å². The summed E-state index contributed by atoms with van der Waals surface area (Å²) in [5, 5.41) is 8.63. The summed E-state index contributed by atoms with van der Waals surface area (Å²) < 4.78 is 0. The molecular formula is C22H32O4. The van der Waals surface area contributed by atoms with Gasteiger partial charge < -0.3 is 5.11 Å². The predicted octanol–water partition coefficient (Wildman–Crippen LogP) is 4.86. The molecule has 0 aromatic heterocycles. The van der Waals surface area contributed by atoms with Gasteiger partial charge in [-0.05, 0) is 38.0 Å². The number of rotatable bonds is 11. The summed E-state index contributed by atoms with van der Waals surface area (Å²) in [5.41, 5.74) is 1.19. The number of hydrogen-bond acceptors (Lipinski definition) is 3. The van der Waals surface area contributed by atoms with Crippen molar-refractivity contribution in [1.29, 1.82) is 0 Å². The van der Waals surface area contributed by atoms with Crippen molar-refractivity contribution >= 4 is 17.5 Å². The lowest BCUT2D eigenvalue weighted by molar-refractivity contribution is -0.137. The van der Waals surface area contributed by atoms with Crippen LogP contribution < -0.4 is 0 Å². The number of hydrogen-bond donors (Lipinski definition) is 1. The van der Waals surface area contributed by atoms with Crippen LogP contribution >= 0.6 is 0 Å². The monoisotopic (exact) mass is 360 g/mol. The highest BCUT2D eigenvalue weighted by Crippen LogP contribution is 2.28. The minimum absolute atomic E-state index is 0.0502. The maximum absolute atomic E-state index is 12.4. The van der Waals surface area contributed by atoms with E-state index < -0.39 is 11.4 Å². The van der Waals surface area contributed by atoms with Crippen LogP contribution in [-0.4, -0.2) is 22.6 Å². The zero-order valence-electron chi connectivity index (χ0n) is 16.5. The normalized spacial score (nSPS) is 14.3. The van der Waals surface area contributed by atoms with Crippen molar-refractivity contribution in [2.75, 3.05) is 0 Å². The van der Waals surface area contributed by atoms with E-state index >= 15 is 0 Å². The van der Waals surface area contributed by atoms with Crippen LogP contribution in [0.25, 0.3) is 0 Å². The van der Waals surface area contributed by atoms with Gasteiger partial charge in [0.05, 0.1) is 0 Å². The van der Waals surface area contributed by atoms with E-state index in [4.69, 9.17) is 5.11 Å². The van der Waals surface area contributed by atoms with E-state index in [1.165, 1.54) is 0 Å². The first-order valence-electron chi connectivity index (χ1n) is 9.81. The lowest BCUT2D eigenvalue weighted by Gasteiger charge is -2.19. The van der Waals surface area contributed by atoms with Crippen LogP contribution in [0.4, 0.5) is 0 Å². The second-order valence-corrected chi connectivity index (χ2v) is 7.75. The largest absolute Gasteiger partial charge is 0.481 e. The van der Waals surface area contributed by atoms with Gasteiger partial charge in [-0.3, -0.25) is 14.4 Å². The molecule has 0 aromatic carbocycles. The van der Waals surface area contributed by atoms with Crippen LogP contribution in [0.15, 0.2) is 11.1 Å². The molecular weight excluding hydrogens is 328 g/mol. The molecule has 0 atom stereocenters. The molecule has 0 spiro atoms. The molecule has 1 aliphatic rings. The fourth-order valence-corrected chi connectivity index (χ4v) is 3.10. The quantitative estimate of drug-likeness (QED) is 0.324. The highest BCUT2D eigenvalue weighted by molar-refractivity contribution is 6.02. The van der Waals surface area contributed by atoms with E-state index in [9.17, 15) is 14.4 Å². The Morgan fingerprint density at radius 3 is 2.42 bits per heavy atom. The standard InChI is InChI=1S/C22H32O4/c1-4-5-16-22(2,3)20(24)15-13-17-12-14-19(23)18(17)10-8-6-7-9-11-21(25)26/h4-12,14,16H2,1-3H3,(H,25,26). The minimum Gasteiger partial charge on any atom is -0.481 e. The Morgan fingerprint density at radius 2 is 1.77 bits per heavy atom. The zero-order chi connectivity index (χ0) is 19.6. The number of Topliss-reactive ketones (excluding diaryl/α,β-unsaturated/α-hetero) is 2. The fraction of sp³-hybridized carbons (Fsp3) is 0.682. The third-order valence-electron chi connectivity index (χ3n) is 4.97. The molecule has 0 saturated carbocycles. The fourth-order valence-electron chi connectivity index (χ4n) is 3.10. The molecule has 1 N–H and O–H groups in total. The topological polar surface area (TPSA) is 71.4 Å². The number of carboxylic acids is 1. The van der Waals surface area contributed by atoms with E-state index in [1.54, 1.807) is 0 Å². The highest BCUT2D eigenvalue weighted by atomic mass is 16.4. The van der Waals surface area contributed by atoms with Gasteiger partial charge in [0, 0.05) is 29.4 Å². The van der Waals surface area contributed by atoms with Gasteiger partial charge in [-0.15, -0.1) is 0 Å². The molecule has 0 aromatic rings. The van der Waals surface area contributed by atoms with E-state index in [2.05, 4.69) is 18.8 Å². The van der Waals surface area contributed by atoms with E-state index in [1.807, 2.05) is 13.8 Å². The maximum atomic E-state index is 12.4. The van der Waals surface area contributed by atoms with Gasteiger partial charge in [0.25, 0.3) is 0 Å². The first-order valence-corrected chi connectivity index (χ1v) is 9.81. The van der Waals surface area contributed by atoms with E-state index in [-0.39, 0.29) is 18.0 Å². The summed E-state index contributed by atoms with van der Waals surface area (Å²) in [4.78, 5) is 35.0. The molecule has 0 radical (unpaired) electrons. The molecule has 0 saturated heterocycles. The first kappa shape index (κ1) is 22.2. The Hall–Kier alpha value is -1.89. The second-order valence-electron chi connectivity index (χ2n) is 7.75. The molecule has 0 fully saturated rings. The lowest BCUT2D eigenvalue weighted by atomic mass is 9.83. The summed E-state index contributed by atoms with van der Waals surface area (Å²) >= 11 is 0. The van der Waals surface area contributed by atoms with Crippen LogP contribution in [-0.2, 0) is 14.4 Å². The van der Waals surface area contributed by atoms with Crippen LogP contribution in [0.2, 0.25) is 0 Å². The van der Waals surface area contributed by atoms with Gasteiger partial charge in [-0.1, -0.05) is 52.4 Å². The molecule has 0 heterocycles. The highest BCUT2D eigenvalue weighted by Gasteiger charge is 2.26. The third kappa shape index (κ3) is 7.56. The molecule has 26 heavy (non-hydrogen) atoms. The number of carbonyl (C=O) groups excluding carboxylic acids is 2. The Balaban J connectivity index is 2.61. The summed E-state index contributed by atoms with van der Waals surface area (Å²) in [6, 6.07) is 0. The number of ketones is 2. The van der Waals surface area contributed by atoms with Crippen molar-refractivity contribution in [3.63, 3.8) is 0 Å². The van der Waals surface area contributed by atoms with Gasteiger partial charge in [0.15, 0.2) is 5.78 Å². The van der Waals surface area contributed by atoms with Crippen molar-refractivity contribution in [3.8, 4) is 11.8 Å². The summed E-state index contributed by atoms with van der Waals surface area (Å²) in [7, 11) is 0. The van der Waals surface area contributed by atoms with Crippen LogP contribution in [0.3, 0.4) is 0 Å². The summed E-state index contributed by atoms with van der Waals surface area (Å²) in [5.74, 6) is 5.12. The SMILES string of the molecule is CCCCC(C)(C)C(=O)C#CC1=C(CCCCCCC(=O)O)C(=O)CC1. The van der Waals surface area contributed by atoms with Crippen molar-refractivity contribution in [2.45, 2.75) is 91.4 Å². The number of aliphatic carboxylic acids is 1. The number of unbranched alkanes of at least 4 members (excludes halogenated alkanes) is 4. The predicted molar refractivity (Wildman–Crippen MR) is 103 cm³/mol. The average molecular weight is 360 g/mol. The molecule has 144 valence electrons. The van der Waals surface area contributed by atoms with E-state index in [0.717, 1.165) is 49.7 Å². The van der Waals surface area contributed by atoms with Gasteiger partial charge in [-0.25, -0.2) is 0 Å². The molecule has 0 bridgehead atoms. The first-order chi connectivity index (χ1) is 12.3. The number of carboxylic acid groups (broad SMARTS) is 1. The Bertz CT molecular complexity index is 614. The van der Waals surface area contributed by atoms with Crippen molar-refractivity contribution < 1.29 is 19.5 Å². The average Bonchev–Trinajstić information content (AvgIpc) is 2.93. The molecule has 0 aliphatic heterocycles. The minimum atomic E-state index is -0.761. The smallest absolute Gasteiger partial charge is 0.303 e. The van der Waals surface area contributed by atoms with Crippen molar-refractivity contribution in [2.24, 2.45) is 5.41 Å². The Morgan fingerprint density at radius 1 is 1.08 bits per heavy atom. The molecule has 0 amide bonds. The van der Waals surface area contributed by atoms with E-state index in [0.29, 0.717) is 25.7 Å². The van der Waals surface area contributed by atoms with Gasteiger partial charge in [0.2, 0.25) is 5.78 Å². The summed E-state index contributed by atoms with van der Waals surface area (Å²) in [6.07, 6.45) is 8.23. The molecule has 0 unspecified atom stereocenters. The molecule has 1 rings (SSSR count). The van der Waals surface area contributed by atoms with Gasteiger partial charge in [0.1, 0.15) is 0 Å².